The van der Waals surface area contributed by atoms with Crippen LogP contribution >= 0.6 is 0 Å². The highest BCUT2D eigenvalue weighted by Crippen LogP contribution is 2.16. The van der Waals surface area contributed by atoms with Crippen LogP contribution in [0.3, 0.4) is 0 Å². The van der Waals surface area contributed by atoms with Crippen LogP contribution in [0.25, 0.3) is 0 Å². The normalized spacial score (nSPS) is 12.1. The molecule has 1 N–H and O–H groups in total. The van der Waals surface area contributed by atoms with E-state index in [0.717, 1.165) is 25.5 Å². The fourth-order valence-electron chi connectivity index (χ4n) is 5.36. The summed E-state index contributed by atoms with van der Waals surface area (Å²) in [5.41, 5.74) is 0. The standard InChI is InChI=1S/C29H62N6/c1-20(2)32(21(3)4)28(33(22(5)6)23(7)8)30-18-17-19-31-29(34(24(9)10)25(11)12)35(26(13)14)27(15)16/h20-27H,17-19H2,1-16H3/p+1. The second-order valence-corrected chi connectivity index (χ2v) is 12.2. The Bertz CT molecular complexity index is 588. The summed E-state index contributed by atoms with van der Waals surface area (Å²) < 4.78 is 2.52. The van der Waals surface area contributed by atoms with E-state index in [4.69, 9.17) is 4.99 Å². The molecule has 0 aliphatic rings. The third kappa shape index (κ3) is 10.2. The molecule has 0 atom stereocenters. The maximum atomic E-state index is 5.23. The number of hydrogen-bond acceptors (Lipinski definition) is 1. The Hall–Kier alpha value is -1.46. The lowest BCUT2D eigenvalue weighted by atomic mass is 10.2. The van der Waals surface area contributed by atoms with Crippen molar-refractivity contribution in [3.8, 4) is 0 Å². The van der Waals surface area contributed by atoms with Gasteiger partial charge in [0.25, 0.3) is 0 Å². The molecule has 0 aromatic carbocycles. The lowest BCUT2D eigenvalue weighted by Crippen LogP contribution is -2.56. The molecule has 0 aromatic rings. The molecule has 0 heterocycles. The second-order valence-electron chi connectivity index (χ2n) is 12.2. The van der Waals surface area contributed by atoms with Crippen molar-refractivity contribution in [1.82, 2.24) is 20.0 Å². The Morgan fingerprint density at radius 1 is 0.571 bits per heavy atom. The SMILES string of the molecule is CC(C)N(C(=NCCCNC(N(C(C)C)C(C)C)=[N+](C(C)C)C(C)C)N(C(C)C)C(C)C)C(C)C. The topological polar surface area (TPSA) is 37.1 Å². The van der Waals surface area contributed by atoms with Gasteiger partial charge in [-0.2, -0.15) is 0 Å². The minimum atomic E-state index is 0.406. The highest BCUT2D eigenvalue weighted by Gasteiger charge is 2.30. The summed E-state index contributed by atoms with van der Waals surface area (Å²) in [6.45, 7) is 38.2. The van der Waals surface area contributed by atoms with Crippen LogP contribution in [0.2, 0.25) is 0 Å². The predicted molar refractivity (Wildman–Crippen MR) is 157 cm³/mol. The molecule has 0 saturated heterocycles. The van der Waals surface area contributed by atoms with Gasteiger partial charge >= 0.3 is 5.96 Å². The maximum Gasteiger partial charge on any atom is 0.348 e. The van der Waals surface area contributed by atoms with E-state index in [1.54, 1.807) is 0 Å². The smallest absolute Gasteiger partial charge is 0.338 e. The van der Waals surface area contributed by atoms with Crippen molar-refractivity contribution in [3.05, 3.63) is 0 Å². The van der Waals surface area contributed by atoms with Gasteiger partial charge in [-0.15, -0.1) is 0 Å². The summed E-state index contributed by atoms with van der Waals surface area (Å²) in [6.07, 6.45) is 0.995. The Balaban J connectivity index is 5.95. The Morgan fingerprint density at radius 3 is 1.20 bits per heavy atom. The van der Waals surface area contributed by atoms with Crippen LogP contribution in [0.1, 0.15) is 117 Å². The fraction of sp³-hybridized carbons (Fsp3) is 0.931. The third-order valence-corrected chi connectivity index (χ3v) is 6.27. The highest BCUT2D eigenvalue weighted by molar-refractivity contribution is 5.81. The van der Waals surface area contributed by atoms with E-state index in [9.17, 15) is 0 Å². The summed E-state index contributed by atoms with van der Waals surface area (Å²) in [5, 5.41) is 3.84. The van der Waals surface area contributed by atoms with E-state index in [2.05, 4.69) is 135 Å². The molecular formula is C29H63N6+. The molecule has 0 unspecified atom stereocenters. The lowest BCUT2D eigenvalue weighted by Gasteiger charge is -2.43. The van der Waals surface area contributed by atoms with E-state index >= 15 is 0 Å². The van der Waals surface area contributed by atoms with E-state index in [0.29, 0.717) is 48.3 Å². The summed E-state index contributed by atoms with van der Waals surface area (Å²) in [6, 6.07) is 3.34. The molecule has 0 spiro atoms. The Morgan fingerprint density at radius 2 is 0.914 bits per heavy atom. The van der Waals surface area contributed by atoms with Crippen LogP contribution in [0.15, 0.2) is 4.99 Å². The van der Waals surface area contributed by atoms with Crippen LogP contribution in [0.5, 0.6) is 0 Å². The number of nitrogens with zero attached hydrogens (tertiary/aromatic N) is 5. The molecule has 0 aliphatic carbocycles. The molecule has 0 rings (SSSR count). The van der Waals surface area contributed by atoms with Crippen molar-refractivity contribution in [2.24, 2.45) is 4.99 Å². The van der Waals surface area contributed by atoms with Gasteiger partial charge < -0.3 is 9.80 Å². The fourth-order valence-corrected chi connectivity index (χ4v) is 5.36. The minimum absolute atomic E-state index is 0.406. The molecule has 6 nitrogen and oxygen atoms in total. The van der Waals surface area contributed by atoms with E-state index in [1.165, 1.54) is 5.96 Å². The molecule has 6 heteroatoms. The van der Waals surface area contributed by atoms with Gasteiger partial charge in [-0.3, -0.25) is 19.8 Å². The molecule has 0 aliphatic heterocycles. The zero-order valence-corrected chi connectivity index (χ0v) is 26.5. The Labute approximate surface area is 220 Å². The first-order valence-electron chi connectivity index (χ1n) is 14.3. The van der Waals surface area contributed by atoms with Crippen LogP contribution in [0, 0.1) is 0 Å². The first kappa shape index (κ1) is 33.5. The molecular weight excluding hydrogens is 432 g/mol. The zero-order chi connectivity index (χ0) is 27.6. The molecule has 35 heavy (non-hydrogen) atoms. The van der Waals surface area contributed by atoms with Crippen molar-refractivity contribution in [3.63, 3.8) is 0 Å². The number of rotatable bonds is 12. The van der Waals surface area contributed by atoms with Crippen molar-refractivity contribution in [1.29, 1.82) is 0 Å². The van der Waals surface area contributed by atoms with Gasteiger partial charge in [0.2, 0.25) is 0 Å². The molecule has 0 bridgehead atoms. The first-order valence-corrected chi connectivity index (χ1v) is 14.3. The van der Waals surface area contributed by atoms with Crippen LogP contribution in [-0.4, -0.2) is 92.6 Å². The third-order valence-electron chi connectivity index (χ3n) is 6.27. The summed E-state index contributed by atoms with van der Waals surface area (Å²) in [5.74, 6) is 2.39. The summed E-state index contributed by atoms with van der Waals surface area (Å²) >= 11 is 0. The van der Waals surface area contributed by atoms with Crippen molar-refractivity contribution in [2.45, 2.75) is 166 Å². The quantitative estimate of drug-likeness (QED) is 0.159. The highest BCUT2D eigenvalue weighted by atomic mass is 15.4. The average Bonchev–Trinajstić information content (AvgIpc) is 2.64. The monoisotopic (exact) mass is 496 g/mol. The van der Waals surface area contributed by atoms with E-state index in [1.807, 2.05) is 0 Å². The first-order chi connectivity index (χ1) is 16.1. The van der Waals surface area contributed by atoms with Gasteiger partial charge in [-0.05, 0) is 117 Å². The predicted octanol–water partition coefficient (Wildman–Crippen LogP) is 5.86. The van der Waals surface area contributed by atoms with E-state index in [-0.39, 0.29) is 0 Å². The lowest BCUT2D eigenvalue weighted by molar-refractivity contribution is -0.594. The molecule has 0 radical (unpaired) electrons. The van der Waals surface area contributed by atoms with E-state index < -0.39 is 0 Å². The Kier molecular flexibility index (Phi) is 15.0. The minimum Gasteiger partial charge on any atom is -0.338 e. The van der Waals surface area contributed by atoms with Crippen molar-refractivity contribution in [2.75, 3.05) is 13.1 Å². The van der Waals surface area contributed by atoms with Crippen molar-refractivity contribution >= 4 is 11.9 Å². The van der Waals surface area contributed by atoms with Gasteiger partial charge in [-0.1, -0.05) is 0 Å². The van der Waals surface area contributed by atoms with Gasteiger partial charge in [0.15, 0.2) is 5.96 Å². The van der Waals surface area contributed by atoms with Crippen LogP contribution < -0.4 is 5.32 Å². The number of aliphatic imine (C=N–C) groups is 1. The van der Waals surface area contributed by atoms with Crippen molar-refractivity contribution < 1.29 is 4.58 Å². The van der Waals surface area contributed by atoms with Crippen LogP contribution in [-0.2, 0) is 0 Å². The molecule has 0 amide bonds. The largest absolute Gasteiger partial charge is 0.348 e. The number of nitrogens with one attached hydrogen (secondary N) is 1. The molecule has 0 saturated carbocycles. The summed E-state index contributed by atoms with van der Waals surface area (Å²) in [7, 11) is 0. The summed E-state index contributed by atoms with van der Waals surface area (Å²) in [4.78, 5) is 12.7. The van der Waals surface area contributed by atoms with Crippen LogP contribution in [0.4, 0.5) is 0 Å². The van der Waals surface area contributed by atoms with Gasteiger partial charge in [0.1, 0.15) is 0 Å². The zero-order valence-electron chi connectivity index (χ0n) is 26.5. The maximum absolute atomic E-state index is 5.23. The second kappa shape index (κ2) is 15.6. The number of guanidine groups is 2. The molecule has 0 fully saturated rings. The average molecular weight is 496 g/mol. The van der Waals surface area contributed by atoms with Gasteiger partial charge in [0.05, 0.1) is 30.7 Å². The van der Waals surface area contributed by atoms with Gasteiger partial charge in [-0.25, -0.2) is 0 Å². The molecule has 0 aromatic heterocycles. The van der Waals surface area contributed by atoms with Gasteiger partial charge in [0, 0.05) is 30.7 Å². The number of hydrogen-bond donors (Lipinski definition) is 1. The molecule has 208 valence electrons.